The predicted octanol–water partition coefficient (Wildman–Crippen LogP) is 3.62. The molecule has 0 amide bonds. The van der Waals surface area contributed by atoms with Crippen molar-refractivity contribution in [1.82, 2.24) is 4.98 Å². The molecule has 0 atom stereocenters. The maximum absolute atomic E-state index is 12.3. The van der Waals surface area contributed by atoms with Crippen LogP contribution in [-0.4, -0.2) is 32.9 Å². The number of pyridine rings is 1. The van der Waals surface area contributed by atoms with Gasteiger partial charge >= 0.3 is 0 Å². The number of ether oxygens (including phenoxy) is 4. The van der Waals surface area contributed by atoms with E-state index >= 15 is 0 Å². The van der Waals surface area contributed by atoms with Crippen molar-refractivity contribution >= 4 is 10.9 Å². The first-order valence-corrected chi connectivity index (χ1v) is 8.22. The number of nitrogens with one attached hydrogen (secondary N) is 1. The molecule has 3 rings (SSSR count). The van der Waals surface area contributed by atoms with E-state index in [-0.39, 0.29) is 5.56 Å². The third-order valence-corrected chi connectivity index (χ3v) is 4.11. The summed E-state index contributed by atoms with van der Waals surface area (Å²) in [6.45, 7) is 2.44. The van der Waals surface area contributed by atoms with Crippen molar-refractivity contribution in [3.8, 4) is 34.1 Å². The maximum atomic E-state index is 12.3. The van der Waals surface area contributed by atoms with Crippen LogP contribution < -0.4 is 24.5 Å². The molecule has 0 bridgehead atoms. The van der Waals surface area contributed by atoms with Crippen molar-refractivity contribution in [2.75, 3.05) is 27.9 Å². The van der Waals surface area contributed by atoms with E-state index in [2.05, 4.69) is 4.98 Å². The third kappa shape index (κ3) is 2.94. The first-order valence-electron chi connectivity index (χ1n) is 8.22. The van der Waals surface area contributed by atoms with Crippen LogP contribution in [0.5, 0.6) is 23.0 Å². The molecule has 0 saturated carbocycles. The number of aromatic amines is 1. The van der Waals surface area contributed by atoms with Gasteiger partial charge in [-0.3, -0.25) is 4.79 Å². The number of rotatable bonds is 6. The van der Waals surface area contributed by atoms with Gasteiger partial charge in [0.25, 0.3) is 0 Å². The van der Waals surface area contributed by atoms with Crippen molar-refractivity contribution in [3.05, 3.63) is 46.8 Å². The third-order valence-electron chi connectivity index (χ3n) is 4.11. The summed E-state index contributed by atoms with van der Waals surface area (Å²) < 4.78 is 22.2. The Balaban J connectivity index is 2.45. The number of benzene rings is 2. The zero-order chi connectivity index (χ0) is 18.7. The minimum Gasteiger partial charge on any atom is -0.493 e. The Bertz CT molecular complexity index is 993. The Morgan fingerprint density at radius 2 is 1.62 bits per heavy atom. The van der Waals surface area contributed by atoms with E-state index in [9.17, 15) is 4.79 Å². The Kier molecular flexibility index (Phi) is 5.02. The zero-order valence-corrected chi connectivity index (χ0v) is 15.2. The van der Waals surface area contributed by atoms with Gasteiger partial charge in [0.2, 0.25) is 11.3 Å². The fraction of sp³-hybridized carbons (Fsp3) is 0.250. The van der Waals surface area contributed by atoms with Crippen molar-refractivity contribution in [1.29, 1.82) is 0 Å². The summed E-state index contributed by atoms with van der Waals surface area (Å²) in [7, 11) is 4.64. The Morgan fingerprint density at radius 1 is 0.885 bits per heavy atom. The molecule has 0 saturated heterocycles. The first-order chi connectivity index (χ1) is 12.6. The monoisotopic (exact) mass is 355 g/mol. The minimum absolute atomic E-state index is 0.229. The number of methoxy groups -OCH3 is 3. The number of aromatic nitrogens is 1. The molecule has 136 valence electrons. The number of H-pyrrole nitrogens is 1. The summed E-state index contributed by atoms with van der Waals surface area (Å²) >= 11 is 0. The highest BCUT2D eigenvalue weighted by molar-refractivity contribution is 6.02. The van der Waals surface area contributed by atoms with Gasteiger partial charge in [0.15, 0.2) is 11.5 Å². The molecule has 0 spiro atoms. The molecule has 3 aromatic rings. The molecule has 0 aliphatic rings. The van der Waals surface area contributed by atoms with Crippen molar-refractivity contribution in [2.24, 2.45) is 0 Å². The summed E-state index contributed by atoms with van der Waals surface area (Å²) in [4.78, 5) is 15.1. The Hall–Kier alpha value is -3.15. The molecule has 0 aliphatic carbocycles. The summed E-state index contributed by atoms with van der Waals surface area (Å²) in [5, 5.41) is 0.719. The van der Waals surface area contributed by atoms with Gasteiger partial charge in [0, 0.05) is 23.3 Å². The molecular formula is C20H21NO5. The van der Waals surface area contributed by atoms with Gasteiger partial charge in [-0.25, -0.2) is 0 Å². The molecule has 6 heteroatoms. The first kappa shape index (κ1) is 17.7. The summed E-state index contributed by atoms with van der Waals surface area (Å²) in [6, 6.07) is 10.8. The average molecular weight is 355 g/mol. The molecule has 0 radical (unpaired) electrons. The molecule has 0 aliphatic heterocycles. The van der Waals surface area contributed by atoms with Gasteiger partial charge < -0.3 is 23.9 Å². The van der Waals surface area contributed by atoms with Gasteiger partial charge in [-0.2, -0.15) is 0 Å². The molecule has 1 aromatic heterocycles. The smallest absolute Gasteiger partial charge is 0.249 e. The molecule has 0 fully saturated rings. The highest BCUT2D eigenvalue weighted by Crippen LogP contribution is 2.46. The Labute approximate surface area is 151 Å². The van der Waals surface area contributed by atoms with Crippen LogP contribution in [-0.2, 0) is 0 Å². The lowest BCUT2D eigenvalue weighted by Gasteiger charge is -2.18. The van der Waals surface area contributed by atoms with Gasteiger partial charge in [-0.05, 0) is 13.0 Å². The Morgan fingerprint density at radius 3 is 2.27 bits per heavy atom. The summed E-state index contributed by atoms with van der Waals surface area (Å²) in [6.07, 6.45) is 0. The van der Waals surface area contributed by atoms with Gasteiger partial charge in [0.1, 0.15) is 5.75 Å². The van der Waals surface area contributed by atoms with Crippen LogP contribution in [0.3, 0.4) is 0 Å². The fourth-order valence-corrected chi connectivity index (χ4v) is 3.08. The minimum atomic E-state index is -0.229. The van der Waals surface area contributed by atoms with Crippen LogP contribution in [0.1, 0.15) is 6.92 Å². The second kappa shape index (κ2) is 7.39. The topological polar surface area (TPSA) is 69.8 Å². The van der Waals surface area contributed by atoms with Crippen LogP contribution in [0.15, 0.2) is 41.2 Å². The number of fused-ring (bicyclic) bond motifs is 1. The number of hydrogen-bond acceptors (Lipinski definition) is 5. The van der Waals surface area contributed by atoms with Crippen LogP contribution in [0.25, 0.3) is 22.0 Å². The van der Waals surface area contributed by atoms with Crippen molar-refractivity contribution in [2.45, 2.75) is 6.92 Å². The molecule has 26 heavy (non-hydrogen) atoms. The normalized spacial score (nSPS) is 10.6. The lowest BCUT2D eigenvalue weighted by Crippen LogP contribution is -2.07. The quantitative estimate of drug-likeness (QED) is 0.731. The molecule has 0 unspecified atom stereocenters. The van der Waals surface area contributed by atoms with Gasteiger partial charge in [-0.15, -0.1) is 0 Å². The van der Waals surface area contributed by atoms with Crippen molar-refractivity contribution in [3.63, 3.8) is 0 Å². The van der Waals surface area contributed by atoms with E-state index in [1.54, 1.807) is 20.3 Å². The average Bonchev–Trinajstić information content (AvgIpc) is 2.66. The van der Waals surface area contributed by atoms with E-state index in [1.807, 2.05) is 31.2 Å². The standard InChI is InChI=1S/C20H21NO5/c1-5-26-15-9-7-6-8-12(15)13-10-17(22)21-14-11-16(23-2)19(24-3)20(25-4)18(13)14/h6-11H,5H2,1-4H3,(H,21,22). The van der Waals surface area contributed by atoms with Crippen molar-refractivity contribution < 1.29 is 18.9 Å². The summed E-state index contributed by atoms with van der Waals surface area (Å²) in [5.74, 6) is 2.12. The molecular weight excluding hydrogens is 334 g/mol. The lowest BCUT2D eigenvalue weighted by molar-refractivity contribution is 0.327. The number of para-hydroxylation sites is 1. The van der Waals surface area contributed by atoms with Crippen LogP contribution in [0, 0.1) is 0 Å². The molecule has 2 aromatic carbocycles. The highest BCUT2D eigenvalue weighted by atomic mass is 16.5. The fourth-order valence-electron chi connectivity index (χ4n) is 3.08. The zero-order valence-electron chi connectivity index (χ0n) is 15.2. The molecule has 6 nitrogen and oxygen atoms in total. The molecule has 1 heterocycles. The second-order valence-corrected chi connectivity index (χ2v) is 5.54. The van der Waals surface area contributed by atoms with Crippen LogP contribution >= 0.6 is 0 Å². The highest BCUT2D eigenvalue weighted by Gasteiger charge is 2.21. The summed E-state index contributed by atoms with van der Waals surface area (Å²) in [5.41, 5.74) is 1.86. The number of hydrogen-bond donors (Lipinski definition) is 1. The van der Waals surface area contributed by atoms with Gasteiger partial charge in [0.05, 0.1) is 38.8 Å². The van der Waals surface area contributed by atoms with Gasteiger partial charge in [-0.1, -0.05) is 18.2 Å². The second-order valence-electron chi connectivity index (χ2n) is 5.54. The molecule has 1 N–H and O–H groups in total. The SMILES string of the molecule is CCOc1ccccc1-c1cc(=O)[nH]c2cc(OC)c(OC)c(OC)c12. The maximum Gasteiger partial charge on any atom is 0.249 e. The van der Waals surface area contributed by atoms with Crippen LogP contribution in [0.2, 0.25) is 0 Å². The van der Waals surface area contributed by atoms with E-state index in [0.29, 0.717) is 40.7 Å². The lowest BCUT2D eigenvalue weighted by atomic mass is 9.99. The van der Waals surface area contributed by atoms with E-state index in [0.717, 1.165) is 10.9 Å². The predicted molar refractivity (Wildman–Crippen MR) is 101 cm³/mol. The van der Waals surface area contributed by atoms with Crippen LogP contribution in [0.4, 0.5) is 0 Å². The van der Waals surface area contributed by atoms with E-state index in [1.165, 1.54) is 13.2 Å². The largest absolute Gasteiger partial charge is 0.493 e. The van der Waals surface area contributed by atoms with E-state index < -0.39 is 0 Å². The van der Waals surface area contributed by atoms with E-state index in [4.69, 9.17) is 18.9 Å².